The second kappa shape index (κ2) is 11.8. The molecular weight excluding hydrogens is 172 g/mol. The zero-order valence-corrected chi connectivity index (χ0v) is 10.0. The molecule has 0 bridgehead atoms. The monoisotopic (exact) mass is 194 g/mol. The van der Waals surface area contributed by atoms with Gasteiger partial charge in [0, 0.05) is 6.54 Å². The smallest absolute Gasteiger partial charge is 0.0992 e. The van der Waals surface area contributed by atoms with Crippen LogP contribution in [0.4, 0.5) is 0 Å². The summed E-state index contributed by atoms with van der Waals surface area (Å²) in [6.45, 7) is 11.0. The molecule has 0 saturated heterocycles. The van der Waals surface area contributed by atoms with E-state index in [1.165, 1.54) is 6.42 Å². The molecule has 1 N–H and O–H groups in total. The highest BCUT2D eigenvalue weighted by Crippen LogP contribution is 2.06. The Morgan fingerprint density at radius 1 is 1.43 bits per heavy atom. The number of nitrogens with one attached hydrogen (secondary N) is 1. The lowest BCUT2D eigenvalue weighted by molar-refractivity contribution is 0.911. The van der Waals surface area contributed by atoms with Crippen molar-refractivity contribution >= 4 is 0 Å². The van der Waals surface area contributed by atoms with Crippen molar-refractivity contribution in [3.05, 3.63) is 23.4 Å². The molecule has 2 heteroatoms. The molecule has 2 nitrogen and oxygen atoms in total. The largest absolute Gasteiger partial charge is 0.387 e. The van der Waals surface area contributed by atoms with Crippen molar-refractivity contribution in [2.75, 3.05) is 6.54 Å². The van der Waals surface area contributed by atoms with Crippen molar-refractivity contribution in [1.29, 1.82) is 5.26 Å². The van der Waals surface area contributed by atoms with E-state index in [0.717, 1.165) is 17.7 Å². The standard InChI is InChI=1S/C7H8N2.C3H8.C2H6/c1-6-5-9-3-2-7(6)4-8;1-3-2;1-2/h2-3,9H,5H2,1H3;3H2,1-2H3;1-2H3. The molecule has 0 amide bonds. The van der Waals surface area contributed by atoms with E-state index in [2.05, 4.69) is 25.2 Å². The SMILES string of the molecule is CC.CC1=C(C#N)C=CNC1.CCC. The zero-order chi connectivity index (χ0) is 11.4. The van der Waals surface area contributed by atoms with Crippen LogP contribution in [-0.4, -0.2) is 6.54 Å². The first-order valence-corrected chi connectivity index (χ1v) is 5.26. The molecule has 1 aliphatic heterocycles. The van der Waals surface area contributed by atoms with E-state index in [1.807, 2.05) is 20.8 Å². The summed E-state index contributed by atoms with van der Waals surface area (Å²) in [6, 6.07) is 2.11. The molecular formula is C12H22N2. The minimum atomic E-state index is 0.786. The summed E-state index contributed by atoms with van der Waals surface area (Å²) in [6.07, 6.45) is 4.84. The van der Waals surface area contributed by atoms with Gasteiger partial charge in [0.15, 0.2) is 0 Å². The summed E-state index contributed by atoms with van der Waals surface area (Å²) in [4.78, 5) is 0. The summed E-state index contributed by atoms with van der Waals surface area (Å²) in [7, 11) is 0. The first-order valence-electron chi connectivity index (χ1n) is 5.26. The summed E-state index contributed by atoms with van der Waals surface area (Å²) in [5.41, 5.74) is 1.90. The van der Waals surface area contributed by atoms with Gasteiger partial charge in [-0.1, -0.05) is 34.1 Å². The molecule has 0 radical (unpaired) electrons. The van der Waals surface area contributed by atoms with Crippen LogP contribution >= 0.6 is 0 Å². The first-order chi connectivity index (χ1) is 6.76. The van der Waals surface area contributed by atoms with Gasteiger partial charge < -0.3 is 5.32 Å². The molecule has 0 fully saturated rings. The Labute approximate surface area is 88.3 Å². The highest BCUT2D eigenvalue weighted by atomic mass is 14.8. The third kappa shape index (κ3) is 7.42. The topological polar surface area (TPSA) is 35.8 Å². The van der Waals surface area contributed by atoms with Gasteiger partial charge in [-0.2, -0.15) is 5.26 Å². The Bertz CT molecular complexity index is 219. The summed E-state index contributed by atoms with van der Waals surface area (Å²) in [5, 5.41) is 11.5. The number of dihydropyridines is 1. The zero-order valence-electron chi connectivity index (χ0n) is 10.0. The van der Waals surface area contributed by atoms with Crippen LogP contribution in [0.3, 0.4) is 0 Å². The quantitative estimate of drug-likeness (QED) is 0.641. The molecule has 0 aromatic carbocycles. The Balaban J connectivity index is 0. The fraction of sp³-hybridized carbons (Fsp3) is 0.583. The van der Waals surface area contributed by atoms with Gasteiger partial charge in [0.2, 0.25) is 0 Å². The Morgan fingerprint density at radius 3 is 2.21 bits per heavy atom. The van der Waals surface area contributed by atoms with Crippen LogP contribution in [0.25, 0.3) is 0 Å². The van der Waals surface area contributed by atoms with Gasteiger partial charge in [-0.25, -0.2) is 0 Å². The van der Waals surface area contributed by atoms with Crippen LogP contribution < -0.4 is 5.32 Å². The molecule has 0 aliphatic carbocycles. The van der Waals surface area contributed by atoms with Gasteiger partial charge in [0.25, 0.3) is 0 Å². The average Bonchev–Trinajstić information content (AvgIpc) is 2.23. The molecule has 1 heterocycles. The van der Waals surface area contributed by atoms with E-state index in [4.69, 9.17) is 5.26 Å². The highest BCUT2D eigenvalue weighted by Gasteiger charge is 1.99. The molecule has 0 spiro atoms. The maximum atomic E-state index is 8.47. The summed E-state index contributed by atoms with van der Waals surface area (Å²) < 4.78 is 0. The minimum absolute atomic E-state index is 0.786. The molecule has 80 valence electrons. The first kappa shape index (κ1) is 15.3. The Kier molecular flexibility index (Phi) is 12.8. The van der Waals surface area contributed by atoms with Gasteiger partial charge in [0.05, 0.1) is 11.6 Å². The van der Waals surface area contributed by atoms with E-state index in [-0.39, 0.29) is 0 Å². The minimum Gasteiger partial charge on any atom is -0.387 e. The number of hydrogen-bond donors (Lipinski definition) is 1. The van der Waals surface area contributed by atoms with E-state index in [1.54, 1.807) is 12.3 Å². The van der Waals surface area contributed by atoms with Crippen molar-refractivity contribution in [3.8, 4) is 6.07 Å². The van der Waals surface area contributed by atoms with Crippen LogP contribution in [-0.2, 0) is 0 Å². The molecule has 0 unspecified atom stereocenters. The van der Waals surface area contributed by atoms with Crippen LogP contribution in [0, 0.1) is 11.3 Å². The van der Waals surface area contributed by atoms with Gasteiger partial charge in [-0.05, 0) is 24.8 Å². The lowest BCUT2D eigenvalue weighted by atomic mass is 10.1. The van der Waals surface area contributed by atoms with E-state index in [9.17, 15) is 0 Å². The lowest BCUT2D eigenvalue weighted by Gasteiger charge is -2.06. The summed E-state index contributed by atoms with van der Waals surface area (Å²) in [5.74, 6) is 0. The second-order valence-corrected chi connectivity index (χ2v) is 2.73. The van der Waals surface area contributed by atoms with Crippen molar-refractivity contribution in [2.45, 2.75) is 41.0 Å². The number of hydrogen-bond acceptors (Lipinski definition) is 2. The van der Waals surface area contributed by atoms with Crippen LogP contribution in [0.1, 0.15) is 41.0 Å². The third-order valence-electron chi connectivity index (χ3n) is 1.32. The van der Waals surface area contributed by atoms with E-state index in [0.29, 0.717) is 0 Å². The number of nitrogens with zero attached hydrogens (tertiary/aromatic N) is 1. The molecule has 14 heavy (non-hydrogen) atoms. The normalized spacial score (nSPS) is 12.6. The molecule has 0 aromatic rings. The van der Waals surface area contributed by atoms with Crippen molar-refractivity contribution in [3.63, 3.8) is 0 Å². The number of rotatable bonds is 0. The van der Waals surface area contributed by atoms with Gasteiger partial charge >= 0.3 is 0 Å². The van der Waals surface area contributed by atoms with Crippen LogP contribution in [0.15, 0.2) is 23.4 Å². The average molecular weight is 194 g/mol. The predicted octanol–water partition coefficient (Wildman–Crippen LogP) is 3.39. The van der Waals surface area contributed by atoms with Gasteiger partial charge in [0.1, 0.15) is 0 Å². The van der Waals surface area contributed by atoms with Crippen molar-refractivity contribution in [1.82, 2.24) is 5.32 Å². The maximum absolute atomic E-state index is 8.47. The molecule has 1 aliphatic rings. The molecule has 0 atom stereocenters. The molecule has 0 saturated carbocycles. The van der Waals surface area contributed by atoms with Crippen LogP contribution in [0.5, 0.6) is 0 Å². The fourth-order valence-electron chi connectivity index (χ4n) is 0.724. The Morgan fingerprint density at radius 2 is 1.93 bits per heavy atom. The Hall–Kier alpha value is -1.23. The van der Waals surface area contributed by atoms with Crippen LogP contribution in [0.2, 0.25) is 0 Å². The van der Waals surface area contributed by atoms with Gasteiger partial charge in [-0.3, -0.25) is 0 Å². The number of allylic oxidation sites excluding steroid dienone is 2. The second-order valence-electron chi connectivity index (χ2n) is 2.73. The predicted molar refractivity (Wildman–Crippen MR) is 62.8 cm³/mol. The molecule has 1 rings (SSSR count). The fourth-order valence-corrected chi connectivity index (χ4v) is 0.724. The van der Waals surface area contributed by atoms with E-state index < -0.39 is 0 Å². The lowest BCUT2D eigenvalue weighted by Crippen LogP contribution is -2.12. The number of nitriles is 1. The third-order valence-corrected chi connectivity index (χ3v) is 1.32. The van der Waals surface area contributed by atoms with Gasteiger partial charge in [-0.15, -0.1) is 0 Å². The van der Waals surface area contributed by atoms with Crippen molar-refractivity contribution in [2.24, 2.45) is 0 Å². The maximum Gasteiger partial charge on any atom is 0.0992 e. The molecule has 0 aromatic heterocycles. The van der Waals surface area contributed by atoms with Crippen molar-refractivity contribution < 1.29 is 0 Å². The summed E-state index contributed by atoms with van der Waals surface area (Å²) >= 11 is 0. The van der Waals surface area contributed by atoms with E-state index >= 15 is 0 Å². The highest BCUT2D eigenvalue weighted by molar-refractivity contribution is 5.39.